The van der Waals surface area contributed by atoms with E-state index in [0.29, 0.717) is 18.7 Å². The zero-order valence-electron chi connectivity index (χ0n) is 18.0. The number of anilines is 1. The van der Waals surface area contributed by atoms with Gasteiger partial charge in [-0.1, -0.05) is 50.1 Å². The van der Waals surface area contributed by atoms with Crippen LogP contribution in [0.1, 0.15) is 61.5 Å². The molecule has 0 radical (unpaired) electrons. The van der Waals surface area contributed by atoms with Crippen LogP contribution >= 0.6 is 23.1 Å². The number of nitrogens with zero attached hydrogens (tertiary/aromatic N) is 2. The summed E-state index contributed by atoms with van der Waals surface area (Å²) in [7, 11) is 0. The summed E-state index contributed by atoms with van der Waals surface area (Å²) in [6.07, 6.45) is 7.71. The van der Waals surface area contributed by atoms with E-state index in [1.165, 1.54) is 54.3 Å². The molecule has 2 heterocycles. The molecular formula is C23H31N3O3S2. The third kappa shape index (κ3) is 7.25. The van der Waals surface area contributed by atoms with Gasteiger partial charge in [-0.3, -0.25) is 4.79 Å². The van der Waals surface area contributed by atoms with Crippen molar-refractivity contribution >= 4 is 40.7 Å². The van der Waals surface area contributed by atoms with E-state index in [1.54, 1.807) is 5.38 Å². The number of carboxylic acid groups (broad SMARTS) is 1. The van der Waals surface area contributed by atoms with Gasteiger partial charge in [0.15, 0.2) is 10.0 Å². The highest BCUT2D eigenvalue weighted by Crippen LogP contribution is 2.25. The third-order valence-electron chi connectivity index (χ3n) is 5.53. The van der Waals surface area contributed by atoms with Crippen molar-refractivity contribution in [3.63, 3.8) is 0 Å². The molecule has 8 heteroatoms. The molecule has 1 amide bonds. The molecule has 31 heavy (non-hydrogen) atoms. The first-order valence-electron chi connectivity index (χ1n) is 11.0. The second-order valence-electron chi connectivity index (χ2n) is 7.82. The lowest BCUT2D eigenvalue weighted by molar-refractivity contribution is -0.128. The molecule has 0 aliphatic carbocycles. The Morgan fingerprint density at radius 1 is 1.29 bits per heavy atom. The lowest BCUT2D eigenvalue weighted by atomic mass is 10.1. The van der Waals surface area contributed by atoms with Gasteiger partial charge < -0.3 is 15.3 Å². The Morgan fingerprint density at radius 3 is 2.81 bits per heavy atom. The molecule has 1 saturated heterocycles. The maximum absolute atomic E-state index is 12.3. The van der Waals surface area contributed by atoms with E-state index in [2.05, 4.69) is 41.5 Å². The standard InChI is InChI=1S/C23H31N3O3S2/c1-2-3-4-5-6-17-7-9-18(10-8-17)24-15-19-11-12-21(27)26(19)13-14-30-23-25-20(16-31-23)22(28)29/h7-10,16,19,24H,2-6,11-15H2,1H3,(H,28,29)/t19-/m1/s1. The quantitative estimate of drug-likeness (QED) is 0.317. The fraction of sp³-hybridized carbons (Fsp3) is 0.522. The molecule has 2 aromatic rings. The van der Waals surface area contributed by atoms with Crippen LogP contribution in [0.25, 0.3) is 0 Å². The Balaban J connectivity index is 1.42. The first kappa shape index (κ1) is 23.6. The second-order valence-corrected chi connectivity index (χ2v) is 10.0. The number of carbonyl (C=O) groups excluding carboxylic acids is 1. The van der Waals surface area contributed by atoms with Crippen LogP contribution in [0.3, 0.4) is 0 Å². The van der Waals surface area contributed by atoms with Crippen molar-refractivity contribution in [2.24, 2.45) is 0 Å². The number of nitrogens with one attached hydrogen (secondary N) is 1. The predicted octanol–water partition coefficient (Wildman–Crippen LogP) is 5.16. The fourth-order valence-electron chi connectivity index (χ4n) is 3.75. The second kappa shape index (κ2) is 12.1. The van der Waals surface area contributed by atoms with Crippen LogP contribution in [0, 0.1) is 0 Å². The van der Waals surface area contributed by atoms with E-state index in [4.69, 9.17) is 5.11 Å². The molecule has 6 nitrogen and oxygen atoms in total. The Kier molecular flexibility index (Phi) is 9.21. The van der Waals surface area contributed by atoms with Crippen LogP contribution in [0.4, 0.5) is 5.69 Å². The van der Waals surface area contributed by atoms with Gasteiger partial charge in [-0.25, -0.2) is 9.78 Å². The van der Waals surface area contributed by atoms with Gasteiger partial charge in [-0.15, -0.1) is 11.3 Å². The number of aromatic carboxylic acids is 1. The molecule has 1 atom stereocenters. The van der Waals surface area contributed by atoms with E-state index in [-0.39, 0.29) is 17.6 Å². The van der Waals surface area contributed by atoms with Gasteiger partial charge in [0, 0.05) is 42.4 Å². The van der Waals surface area contributed by atoms with E-state index >= 15 is 0 Å². The topological polar surface area (TPSA) is 82.5 Å². The molecule has 0 bridgehead atoms. The van der Waals surface area contributed by atoms with Crippen LogP contribution < -0.4 is 5.32 Å². The smallest absolute Gasteiger partial charge is 0.355 e. The average molecular weight is 462 g/mol. The van der Waals surface area contributed by atoms with Gasteiger partial charge in [0.1, 0.15) is 0 Å². The molecule has 1 aromatic heterocycles. The van der Waals surface area contributed by atoms with E-state index in [0.717, 1.165) is 29.4 Å². The number of hydrogen-bond donors (Lipinski definition) is 2. The number of thiazole rings is 1. The third-order valence-corrected chi connectivity index (χ3v) is 7.53. The van der Waals surface area contributed by atoms with Crippen LogP contribution in [0.2, 0.25) is 0 Å². The molecule has 2 N–H and O–H groups in total. The Labute approximate surface area is 192 Å². The first-order chi connectivity index (χ1) is 15.1. The molecular weight excluding hydrogens is 430 g/mol. The summed E-state index contributed by atoms with van der Waals surface area (Å²) in [6.45, 7) is 3.62. The largest absolute Gasteiger partial charge is 0.476 e. The lowest BCUT2D eigenvalue weighted by Crippen LogP contribution is -2.39. The van der Waals surface area contributed by atoms with Gasteiger partial charge in [0.2, 0.25) is 5.91 Å². The molecule has 1 aliphatic rings. The number of carboxylic acids is 1. The van der Waals surface area contributed by atoms with Gasteiger partial charge in [-0.2, -0.15) is 0 Å². The maximum atomic E-state index is 12.3. The van der Waals surface area contributed by atoms with Gasteiger partial charge >= 0.3 is 5.97 Å². The molecule has 1 fully saturated rings. The number of carbonyl (C=O) groups is 2. The normalized spacial score (nSPS) is 16.1. The van der Waals surface area contributed by atoms with Crippen LogP contribution in [-0.2, 0) is 11.2 Å². The first-order valence-corrected chi connectivity index (χ1v) is 12.9. The number of amides is 1. The summed E-state index contributed by atoms with van der Waals surface area (Å²) in [5, 5.41) is 14.0. The molecule has 3 rings (SSSR count). The maximum Gasteiger partial charge on any atom is 0.355 e. The number of unbranched alkanes of at least 4 members (excludes halogenated alkanes) is 3. The van der Waals surface area contributed by atoms with E-state index in [9.17, 15) is 9.59 Å². The molecule has 1 aromatic carbocycles. The van der Waals surface area contributed by atoms with E-state index < -0.39 is 5.97 Å². The monoisotopic (exact) mass is 461 g/mol. The zero-order valence-corrected chi connectivity index (χ0v) is 19.6. The summed E-state index contributed by atoms with van der Waals surface area (Å²) in [6, 6.07) is 8.85. The summed E-state index contributed by atoms with van der Waals surface area (Å²) in [5.41, 5.74) is 2.55. The highest BCUT2D eigenvalue weighted by atomic mass is 32.2. The van der Waals surface area contributed by atoms with E-state index in [1.807, 2.05) is 4.90 Å². The summed E-state index contributed by atoms with van der Waals surface area (Å²) in [5.74, 6) is -0.102. The minimum absolute atomic E-state index is 0.0822. The minimum Gasteiger partial charge on any atom is -0.476 e. The molecule has 0 spiro atoms. The number of aromatic nitrogens is 1. The number of thioether (sulfide) groups is 1. The molecule has 168 valence electrons. The summed E-state index contributed by atoms with van der Waals surface area (Å²) in [4.78, 5) is 29.3. The van der Waals surface area contributed by atoms with Crippen LogP contribution in [-0.4, -0.2) is 51.8 Å². The van der Waals surface area contributed by atoms with Gasteiger partial charge in [-0.05, 0) is 37.0 Å². The summed E-state index contributed by atoms with van der Waals surface area (Å²) >= 11 is 2.84. The van der Waals surface area contributed by atoms with Crippen molar-refractivity contribution in [2.75, 3.05) is 24.2 Å². The highest BCUT2D eigenvalue weighted by molar-refractivity contribution is 8.01. The highest BCUT2D eigenvalue weighted by Gasteiger charge is 2.30. The Hall–Kier alpha value is -2.06. The van der Waals surface area contributed by atoms with Gasteiger partial charge in [0.25, 0.3) is 0 Å². The number of benzene rings is 1. The lowest BCUT2D eigenvalue weighted by Gasteiger charge is -2.25. The minimum atomic E-state index is -1.01. The van der Waals surface area contributed by atoms with Crippen molar-refractivity contribution in [1.82, 2.24) is 9.88 Å². The predicted molar refractivity (Wildman–Crippen MR) is 127 cm³/mol. The Morgan fingerprint density at radius 2 is 2.10 bits per heavy atom. The number of hydrogen-bond acceptors (Lipinski definition) is 6. The van der Waals surface area contributed by atoms with Crippen molar-refractivity contribution in [3.05, 3.63) is 40.9 Å². The molecule has 0 saturated carbocycles. The fourth-order valence-corrected chi connectivity index (χ4v) is 5.56. The van der Waals surface area contributed by atoms with Crippen molar-refractivity contribution in [2.45, 2.75) is 62.3 Å². The SMILES string of the molecule is CCCCCCc1ccc(NC[C@H]2CCC(=O)N2CCSc2nc(C(=O)O)cs2)cc1. The summed E-state index contributed by atoms with van der Waals surface area (Å²) < 4.78 is 0.730. The van der Waals surface area contributed by atoms with Crippen LogP contribution in [0.15, 0.2) is 34.0 Å². The number of likely N-dealkylation sites (tertiary alicyclic amines) is 1. The number of rotatable bonds is 13. The van der Waals surface area contributed by atoms with Crippen LogP contribution in [0.5, 0.6) is 0 Å². The zero-order chi connectivity index (χ0) is 22.1. The van der Waals surface area contributed by atoms with Crippen molar-refractivity contribution in [1.29, 1.82) is 0 Å². The van der Waals surface area contributed by atoms with Crippen molar-refractivity contribution < 1.29 is 14.7 Å². The number of aryl methyl sites for hydroxylation is 1. The molecule has 0 unspecified atom stereocenters. The Bertz CT molecular complexity index is 854. The van der Waals surface area contributed by atoms with Crippen molar-refractivity contribution in [3.8, 4) is 0 Å². The molecule has 1 aliphatic heterocycles. The average Bonchev–Trinajstić information content (AvgIpc) is 3.38. The van der Waals surface area contributed by atoms with Gasteiger partial charge in [0.05, 0.1) is 0 Å².